The number of likely N-dealkylation sites (tertiary alicyclic amines) is 1. The minimum atomic E-state index is -0.569. The summed E-state index contributed by atoms with van der Waals surface area (Å²) in [6.45, 7) is 6.42. The largest absolute Gasteiger partial charge is 0.444 e. The Labute approximate surface area is 146 Å². The lowest BCUT2D eigenvalue weighted by Gasteiger charge is -2.34. The molecule has 1 amide bonds. The summed E-state index contributed by atoms with van der Waals surface area (Å²) in [6.07, 6.45) is 1.75. The molecule has 1 atom stereocenters. The highest BCUT2D eigenvalue weighted by atomic mass is 16.6. The summed E-state index contributed by atoms with van der Waals surface area (Å²) in [7, 11) is 0. The molecular formula is C17H23N3O5. The van der Waals surface area contributed by atoms with Gasteiger partial charge in [0.1, 0.15) is 17.6 Å². The van der Waals surface area contributed by atoms with Gasteiger partial charge in [-0.05, 0) is 45.7 Å². The van der Waals surface area contributed by atoms with Crippen molar-refractivity contribution in [3.63, 3.8) is 0 Å². The van der Waals surface area contributed by atoms with Gasteiger partial charge in [-0.25, -0.2) is 4.79 Å². The number of piperidine rings is 1. The number of nitrogens with zero attached hydrogens (tertiary/aromatic N) is 2. The van der Waals surface area contributed by atoms with Gasteiger partial charge in [0, 0.05) is 30.8 Å². The lowest BCUT2D eigenvalue weighted by Crippen LogP contribution is -2.47. The molecule has 2 rings (SSSR count). The van der Waals surface area contributed by atoms with Crippen LogP contribution in [0.4, 0.5) is 16.2 Å². The molecule has 25 heavy (non-hydrogen) atoms. The second kappa shape index (κ2) is 7.50. The van der Waals surface area contributed by atoms with Crippen LogP contribution >= 0.6 is 0 Å². The predicted octanol–water partition coefficient (Wildman–Crippen LogP) is 3.22. The Morgan fingerprint density at radius 2 is 2.16 bits per heavy atom. The van der Waals surface area contributed by atoms with Crippen LogP contribution in [-0.2, 0) is 4.74 Å². The molecule has 0 spiro atoms. The third-order valence-electron chi connectivity index (χ3n) is 3.79. The summed E-state index contributed by atoms with van der Waals surface area (Å²) in [5, 5.41) is 14.3. The second-order valence-electron chi connectivity index (χ2n) is 7.06. The van der Waals surface area contributed by atoms with Gasteiger partial charge >= 0.3 is 6.09 Å². The zero-order valence-corrected chi connectivity index (χ0v) is 14.7. The van der Waals surface area contributed by atoms with Crippen molar-refractivity contribution in [2.75, 3.05) is 18.4 Å². The molecule has 1 saturated heterocycles. The van der Waals surface area contributed by atoms with Crippen LogP contribution in [0.1, 0.15) is 44.0 Å². The van der Waals surface area contributed by atoms with Crippen LogP contribution < -0.4 is 5.32 Å². The van der Waals surface area contributed by atoms with Crippen LogP contribution in [-0.4, -0.2) is 46.9 Å². The zero-order valence-electron chi connectivity index (χ0n) is 14.7. The highest BCUT2D eigenvalue weighted by Crippen LogP contribution is 2.27. The first-order valence-corrected chi connectivity index (χ1v) is 8.17. The highest BCUT2D eigenvalue weighted by molar-refractivity contribution is 5.79. The van der Waals surface area contributed by atoms with Gasteiger partial charge in [-0.3, -0.25) is 14.9 Å². The number of carbonyl (C=O) groups is 2. The predicted molar refractivity (Wildman–Crippen MR) is 92.9 cm³/mol. The van der Waals surface area contributed by atoms with Gasteiger partial charge in [0.05, 0.1) is 4.92 Å². The van der Waals surface area contributed by atoms with Crippen molar-refractivity contribution >= 4 is 23.8 Å². The minimum absolute atomic E-state index is 0.123. The van der Waals surface area contributed by atoms with Gasteiger partial charge < -0.3 is 15.0 Å². The number of anilines is 1. The lowest BCUT2D eigenvalue weighted by molar-refractivity contribution is -0.384. The molecule has 136 valence electrons. The fourth-order valence-corrected chi connectivity index (χ4v) is 2.70. The van der Waals surface area contributed by atoms with Gasteiger partial charge in [-0.1, -0.05) is 0 Å². The second-order valence-corrected chi connectivity index (χ2v) is 7.06. The SMILES string of the molecule is CC(C)(C)OC(=O)N1CCCC(Nc2ccc(C=O)cc2[N+](=O)[O-])C1. The van der Waals surface area contributed by atoms with Crippen molar-refractivity contribution in [2.24, 2.45) is 0 Å². The fraction of sp³-hybridized carbons (Fsp3) is 0.529. The van der Waals surface area contributed by atoms with Crippen LogP contribution in [0.25, 0.3) is 0 Å². The van der Waals surface area contributed by atoms with Gasteiger partial charge in [0.25, 0.3) is 5.69 Å². The molecular weight excluding hydrogens is 326 g/mol. The van der Waals surface area contributed by atoms with Crippen LogP contribution in [0, 0.1) is 10.1 Å². The first-order chi connectivity index (χ1) is 11.7. The summed E-state index contributed by atoms with van der Waals surface area (Å²) >= 11 is 0. The number of ether oxygens (including phenoxy) is 1. The molecule has 1 aromatic carbocycles. The first-order valence-electron chi connectivity index (χ1n) is 8.17. The standard InChI is InChI=1S/C17H23N3O5/c1-17(2,3)25-16(22)19-8-4-5-13(10-19)18-14-7-6-12(11-21)9-15(14)20(23)24/h6-7,9,11,13,18H,4-5,8,10H2,1-3H3. The van der Waals surface area contributed by atoms with Gasteiger partial charge in [-0.2, -0.15) is 0 Å². The van der Waals surface area contributed by atoms with Crippen molar-refractivity contribution < 1.29 is 19.2 Å². The van der Waals surface area contributed by atoms with E-state index < -0.39 is 10.5 Å². The number of hydrogen-bond acceptors (Lipinski definition) is 6. The van der Waals surface area contributed by atoms with E-state index in [0.29, 0.717) is 25.1 Å². The van der Waals surface area contributed by atoms with E-state index in [2.05, 4.69) is 5.32 Å². The number of nitro benzene ring substituents is 1. The molecule has 1 N–H and O–H groups in total. The molecule has 1 fully saturated rings. The van der Waals surface area contributed by atoms with Crippen molar-refractivity contribution in [2.45, 2.75) is 45.3 Å². The van der Waals surface area contributed by atoms with Crippen LogP contribution in [0.5, 0.6) is 0 Å². The Morgan fingerprint density at radius 1 is 1.44 bits per heavy atom. The summed E-state index contributed by atoms with van der Waals surface area (Å²) in [6, 6.07) is 4.16. The minimum Gasteiger partial charge on any atom is -0.444 e. The molecule has 8 nitrogen and oxygen atoms in total. The number of benzene rings is 1. The number of rotatable bonds is 4. The van der Waals surface area contributed by atoms with Crippen molar-refractivity contribution in [3.8, 4) is 0 Å². The molecule has 0 aliphatic carbocycles. The van der Waals surface area contributed by atoms with E-state index in [1.54, 1.807) is 4.90 Å². The molecule has 1 aliphatic heterocycles. The number of nitrogens with one attached hydrogen (secondary N) is 1. The van der Waals surface area contributed by atoms with E-state index in [0.717, 1.165) is 12.8 Å². The summed E-state index contributed by atoms with van der Waals surface area (Å²) < 4.78 is 5.38. The molecule has 1 aliphatic rings. The lowest BCUT2D eigenvalue weighted by atomic mass is 10.1. The Balaban J connectivity index is 2.09. The topological polar surface area (TPSA) is 102 Å². The van der Waals surface area contributed by atoms with Gasteiger partial charge in [0.15, 0.2) is 0 Å². The van der Waals surface area contributed by atoms with Gasteiger partial charge in [0.2, 0.25) is 0 Å². The Kier molecular flexibility index (Phi) is 5.61. The van der Waals surface area contributed by atoms with E-state index in [9.17, 15) is 19.7 Å². The van der Waals surface area contributed by atoms with E-state index >= 15 is 0 Å². The maximum atomic E-state index is 12.2. The Morgan fingerprint density at radius 3 is 2.76 bits per heavy atom. The van der Waals surface area contributed by atoms with E-state index in [4.69, 9.17) is 4.74 Å². The number of nitro groups is 1. The molecule has 0 aromatic heterocycles. The molecule has 1 unspecified atom stereocenters. The monoisotopic (exact) mass is 349 g/mol. The van der Waals surface area contributed by atoms with Crippen molar-refractivity contribution in [3.05, 3.63) is 33.9 Å². The Bertz CT molecular complexity index is 669. The Hall–Kier alpha value is -2.64. The number of hydrogen-bond donors (Lipinski definition) is 1. The van der Waals surface area contributed by atoms with E-state index in [-0.39, 0.29) is 23.4 Å². The molecule has 1 heterocycles. The molecule has 0 radical (unpaired) electrons. The van der Waals surface area contributed by atoms with Crippen molar-refractivity contribution in [1.29, 1.82) is 0 Å². The average Bonchev–Trinajstić information content (AvgIpc) is 2.53. The highest BCUT2D eigenvalue weighted by Gasteiger charge is 2.28. The van der Waals surface area contributed by atoms with Crippen molar-refractivity contribution in [1.82, 2.24) is 4.90 Å². The quantitative estimate of drug-likeness (QED) is 0.509. The number of carbonyl (C=O) groups excluding carboxylic acids is 2. The number of amides is 1. The third-order valence-corrected chi connectivity index (χ3v) is 3.79. The van der Waals surface area contributed by atoms with E-state index in [1.165, 1.54) is 18.2 Å². The van der Waals surface area contributed by atoms with E-state index in [1.807, 2.05) is 20.8 Å². The molecule has 0 bridgehead atoms. The fourth-order valence-electron chi connectivity index (χ4n) is 2.70. The number of aldehydes is 1. The molecule has 1 aromatic rings. The smallest absolute Gasteiger partial charge is 0.410 e. The average molecular weight is 349 g/mol. The maximum Gasteiger partial charge on any atom is 0.410 e. The maximum absolute atomic E-state index is 12.2. The van der Waals surface area contributed by atoms with Crippen LogP contribution in [0.3, 0.4) is 0 Å². The molecule has 8 heteroatoms. The molecule has 0 saturated carbocycles. The third kappa shape index (κ3) is 5.17. The zero-order chi connectivity index (χ0) is 18.6. The van der Waals surface area contributed by atoms with Crippen LogP contribution in [0.15, 0.2) is 18.2 Å². The van der Waals surface area contributed by atoms with Crippen LogP contribution in [0.2, 0.25) is 0 Å². The first kappa shape index (κ1) is 18.7. The normalized spacial score (nSPS) is 17.7. The summed E-state index contributed by atoms with van der Waals surface area (Å²) in [5.74, 6) is 0. The summed E-state index contributed by atoms with van der Waals surface area (Å²) in [5.41, 5.74) is -0.136. The van der Waals surface area contributed by atoms with Gasteiger partial charge in [-0.15, -0.1) is 0 Å². The summed E-state index contributed by atoms with van der Waals surface area (Å²) in [4.78, 5) is 35.3.